The van der Waals surface area contributed by atoms with Gasteiger partial charge in [-0.1, -0.05) is 213 Å². The molecule has 0 aliphatic heterocycles. The van der Waals surface area contributed by atoms with Crippen LogP contribution in [-0.2, 0) is 5.41 Å². The second-order valence-corrected chi connectivity index (χ2v) is 19.6. The first-order chi connectivity index (χ1) is 33.3. The zero-order chi connectivity index (χ0) is 44.3. The first kappa shape index (κ1) is 39.8. The van der Waals surface area contributed by atoms with E-state index in [0.29, 0.717) is 5.92 Å². The number of hydrogen-bond donors (Lipinski definition) is 0. The van der Waals surface area contributed by atoms with E-state index in [1.165, 1.54) is 124 Å². The van der Waals surface area contributed by atoms with Gasteiger partial charge in [-0.05, 0) is 116 Å². The molecule has 0 unspecified atom stereocenters. The van der Waals surface area contributed by atoms with E-state index in [4.69, 9.17) is 0 Å². The Balaban J connectivity index is 1.11. The summed E-state index contributed by atoms with van der Waals surface area (Å²) in [5.41, 5.74) is 17.0. The molecule has 0 saturated heterocycles. The van der Waals surface area contributed by atoms with Gasteiger partial charge in [0.1, 0.15) is 0 Å². The molecule has 2 aliphatic carbocycles. The van der Waals surface area contributed by atoms with Crippen LogP contribution in [0.25, 0.3) is 64.3 Å². The van der Waals surface area contributed by atoms with Gasteiger partial charge in [-0.2, -0.15) is 0 Å². The molecule has 0 spiro atoms. The number of hydrogen-bond acceptors (Lipinski definition) is 2. The van der Waals surface area contributed by atoms with Crippen molar-refractivity contribution in [1.29, 1.82) is 0 Å². The fourth-order valence-corrected chi connectivity index (χ4v) is 13.3. The van der Waals surface area contributed by atoms with E-state index in [-0.39, 0.29) is 0 Å². The monoisotopic (exact) mass is 875 g/mol. The average Bonchev–Trinajstić information content (AvgIpc) is 3.94. The molecule has 0 atom stereocenters. The van der Waals surface area contributed by atoms with Gasteiger partial charge in [0.05, 0.1) is 16.8 Å². The summed E-state index contributed by atoms with van der Waals surface area (Å²) >= 11 is 1.88. The molecule has 1 saturated carbocycles. The predicted molar refractivity (Wildman–Crippen MR) is 286 cm³/mol. The summed E-state index contributed by atoms with van der Waals surface area (Å²) < 4.78 is 2.63. The van der Waals surface area contributed by atoms with E-state index < -0.39 is 5.41 Å². The van der Waals surface area contributed by atoms with Crippen molar-refractivity contribution >= 4 is 59.3 Å². The standard InChI is InChI=1S/C65H49NS/c1-4-21-44(22-5-1)50-34-17-23-45-24-18-36-53(62(45)50)52-31-11-14-39-58(52)66(49-30-16-25-46(43-49)51-35-19-42-61-63(51)55-33-12-15-41-60(55)67-61)59-40-20-38-57-64(59)54-32-10-13-37-56(54)65(57,47-26-6-2-7-27-47)48-28-8-3-9-29-48/h2-3,6-20,23-44H,1,4-5,21-22H2. The predicted octanol–water partition coefficient (Wildman–Crippen LogP) is 18.4. The molecule has 1 heterocycles. The quantitative estimate of drug-likeness (QED) is 0.147. The van der Waals surface area contributed by atoms with Crippen molar-refractivity contribution in [3.8, 4) is 33.4 Å². The van der Waals surface area contributed by atoms with Gasteiger partial charge >= 0.3 is 0 Å². The van der Waals surface area contributed by atoms with Gasteiger partial charge in [-0.15, -0.1) is 11.3 Å². The van der Waals surface area contributed by atoms with Crippen LogP contribution in [0.15, 0.2) is 231 Å². The van der Waals surface area contributed by atoms with Crippen LogP contribution in [0.1, 0.15) is 65.8 Å². The van der Waals surface area contributed by atoms with Crippen LogP contribution in [-0.4, -0.2) is 0 Å². The van der Waals surface area contributed by atoms with Crippen LogP contribution in [0, 0.1) is 0 Å². The first-order valence-electron chi connectivity index (χ1n) is 24.0. The number of benzene rings is 10. The third-order valence-electron chi connectivity index (χ3n) is 14.9. The molecule has 0 bridgehead atoms. The van der Waals surface area contributed by atoms with Crippen molar-refractivity contribution in [2.45, 2.75) is 43.4 Å². The number of anilines is 3. The largest absolute Gasteiger partial charge is 0.309 e. The molecule has 1 fully saturated rings. The molecule has 320 valence electrons. The highest BCUT2D eigenvalue weighted by molar-refractivity contribution is 7.25. The fourth-order valence-electron chi connectivity index (χ4n) is 12.1. The Morgan fingerprint density at radius 1 is 0.418 bits per heavy atom. The second kappa shape index (κ2) is 16.4. The summed E-state index contributed by atoms with van der Waals surface area (Å²) in [6.45, 7) is 0. The average molecular weight is 876 g/mol. The Kier molecular flexibility index (Phi) is 9.76. The van der Waals surface area contributed by atoms with Gasteiger partial charge in [-0.25, -0.2) is 0 Å². The Morgan fingerprint density at radius 2 is 1.01 bits per heavy atom. The maximum atomic E-state index is 2.59. The molecule has 2 heteroatoms. The normalized spacial score (nSPS) is 14.3. The van der Waals surface area contributed by atoms with Crippen LogP contribution >= 0.6 is 11.3 Å². The lowest BCUT2D eigenvalue weighted by molar-refractivity contribution is 0.445. The van der Waals surface area contributed by atoms with Crippen molar-refractivity contribution in [2.24, 2.45) is 0 Å². The molecule has 13 rings (SSSR count). The topological polar surface area (TPSA) is 3.24 Å². The summed E-state index contributed by atoms with van der Waals surface area (Å²) in [5.74, 6) is 0.562. The molecule has 11 aromatic rings. The highest BCUT2D eigenvalue weighted by Gasteiger charge is 2.47. The summed E-state index contributed by atoms with van der Waals surface area (Å²) in [5, 5.41) is 5.34. The number of nitrogens with zero attached hydrogens (tertiary/aromatic N) is 1. The Labute approximate surface area is 397 Å². The minimum atomic E-state index is -0.530. The van der Waals surface area contributed by atoms with Crippen LogP contribution in [0.4, 0.5) is 17.1 Å². The molecule has 1 aromatic heterocycles. The zero-order valence-corrected chi connectivity index (χ0v) is 38.2. The third-order valence-corrected chi connectivity index (χ3v) is 16.1. The molecular formula is C65H49NS. The zero-order valence-electron chi connectivity index (χ0n) is 37.4. The van der Waals surface area contributed by atoms with Crippen LogP contribution in [0.2, 0.25) is 0 Å². The lowest BCUT2D eigenvalue weighted by Gasteiger charge is -2.34. The summed E-state index contributed by atoms with van der Waals surface area (Å²) in [7, 11) is 0. The van der Waals surface area contributed by atoms with E-state index in [0.717, 1.165) is 17.1 Å². The van der Waals surface area contributed by atoms with E-state index >= 15 is 0 Å². The van der Waals surface area contributed by atoms with Gasteiger partial charge in [0, 0.05) is 37.0 Å². The van der Waals surface area contributed by atoms with Gasteiger partial charge in [0.2, 0.25) is 0 Å². The lowest BCUT2D eigenvalue weighted by atomic mass is 9.68. The molecule has 10 aromatic carbocycles. The molecule has 2 aliphatic rings. The minimum absolute atomic E-state index is 0.530. The van der Waals surface area contributed by atoms with Gasteiger partial charge in [0.15, 0.2) is 0 Å². The molecular weight excluding hydrogens is 827 g/mol. The van der Waals surface area contributed by atoms with Gasteiger partial charge in [0.25, 0.3) is 0 Å². The Hall–Kier alpha value is -7.52. The lowest BCUT2D eigenvalue weighted by Crippen LogP contribution is -2.28. The molecule has 0 amide bonds. The third kappa shape index (κ3) is 6.34. The van der Waals surface area contributed by atoms with E-state index in [1.54, 1.807) is 0 Å². The molecule has 0 N–H and O–H groups in total. The van der Waals surface area contributed by atoms with E-state index in [9.17, 15) is 0 Å². The number of thiophene rings is 1. The number of para-hydroxylation sites is 1. The maximum Gasteiger partial charge on any atom is 0.0714 e. The Bertz CT molecular complexity index is 3590. The maximum absolute atomic E-state index is 2.59. The van der Waals surface area contributed by atoms with Crippen LogP contribution in [0.5, 0.6) is 0 Å². The SMILES string of the molecule is c1ccc(C2(c3ccccc3)c3ccccc3-c3c(N(c4cccc(-c5cccc6sc7ccccc7c56)c4)c4ccccc4-c4cccc5cccc(C6CCCCC6)c45)cccc32)cc1. The highest BCUT2D eigenvalue weighted by Crippen LogP contribution is 2.60. The van der Waals surface area contributed by atoms with Crippen molar-refractivity contribution < 1.29 is 0 Å². The summed E-state index contributed by atoms with van der Waals surface area (Å²) in [4.78, 5) is 2.59. The van der Waals surface area contributed by atoms with Gasteiger partial charge in [-0.3, -0.25) is 0 Å². The summed E-state index contributed by atoms with van der Waals surface area (Å²) in [6.07, 6.45) is 6.43. The second-order valence-electron chi connectivity index (χ2n) is 18.5. The molecule has 1 nitrogen and oxygen atoms in total. The van der Waals surface area contributed by atoms with Crippen LogP contribution in [0.3, 0.4) is 0 Å². The van der Waals surface area contributed by atoms with Crippen molar-refractivity contribution in [3.05, 3.63) is 258 Å². The number of fused-ring (bicyclic) bond motifs is 7. The van der Waals surface area contributed by atoms with E-state index in [1.807, 2.05) is 11.3 Å². The highest BCUT2D eigenvalue weighted by atomic mass is 32.1. The van der Waals surface area contributed by atoms with E-state index in [2.05, 4.69) is 235 Å². The number of rotatable bonds is 8. The van der Waals surface area contributed by atoms with Crippen molar-refractivity contribution in [1.82, 2.24) is 0 Å². The minimum Gasteiger partial charge on any atom is -0.309 e. The van der Waals surface area contributed by atoms with Crippen molar-refractivity contribution in [2.75, 3.05) is 4.90 Å². The Morgan fingerprint density at radius 3 is 1.84 bits per heavy atom. The molecule has 67 heavy (non-hydrogen) atoms. The first-order valence-corrected chi connectivity index (χ1v) is 24.9. The van der Waals surface area contributed by atoms with Crippen molar-refractivity contribution in [3.63, 3.8) is 0 Å². The fraction of sp³-hybridized carbons (Fsp3) is 0.108. The smallest absolute Gasteiger partial charge is 0.0714 e. The van der Waals surface area contributed by atoms with Gasteiger partial charge < -0.3 is 4.90 Å². The summed E-state index contributed by atoms with van der Waals surface area (Å²) in [6, 6.07) is 86.8. The molecule has 0 radical (unpaired) electrons. The van der Waals surface area contributed by atoms with Crippen LogP contribution < -0.4 is 4.90 Å².